The number of carbonyl (C=O) groups is 2. The predicted octanol–water partition coefficient (Wildman–Crippen LogP) is 1.51. The van der Waals surface area contributed by atoms with E-state index in [0.29, 0.717) is 24.4 Å². The van der Waals surface area contributed by atoms with Crippen molar-refractivity contribution in [1.82, 2.24) is 0 Å². The number of hydrogen-bond acceptors (Lipinski definition) is 4. The molecule has 1 atom stereocenters. The highest BCUT2D eigenvalue weighted by atomic mass is 16.5. The summed E-state index contributed by atoms with van der Waals surface area (Å²) in [6, 6.07) is 4.31. The van der Waals surface area contributed by atoms with E-state index in [4.69, 9.17) is 10.5 Å². The largest absolute Gasteiger partial charge is 0.480 e. The monoisotopic (exact) mass is 292 g/mol. The van der Waals surface area contributed by atoms with Gasteiger partial charge in [-0.2, -0.15) is 0 Å². The SMILES string of the molecule is CCC(C(=O)O)N1C(=O)C(C)(C)Oc2cc(CN)ccc21. The maximum absolute atomic E-state index is 12.6. The van der Waals surface area contributed by atoms with Crippen LogP contribution in [0.5, 0.6) is 5.75 Å². The van der Waals surface area contributed by atoms with E-state index in [1.165, 1.54) is 4.90 Å². The normalized spacial score (nSPS) is 17.9. The van der Waals surface area contributed by atoms with Crippen LogP contribution >= 0.6 is 0 Å². The third-order valence-corrected chi connectivity index (χ3v) is 3.60. The lowest BCUT2D eigenvalue weighted by atomic mass is 9.99. The van der Waals surface area contributed by atoms with Crippen LogP contribution in [0.4, 0.5) is 5.69 Å². The Labute approximate surface area is 123 Å². The number of nitrogens with zero attached hydrogens (tertiary/aromatic N) is 1. The second-order valence-corrected chi connectivity index (χ2v) is 5.56. The molecule has 1 aliphatic heterocycles. The minimum absolute atomic E-state index is 0.315. The standard InChI is InChI=1S/C15H20N2O4/c1-4-10(13(18)19)17-11-6-5-9(8-16)7-12(11)21-15(2,3)14(17)20/h5-7,10H,4,8,16H2,1-3H3,(H,18,19). The van der Waals surface area contributed by atoms with E-state index in [2.05, 4.69) is 0 Å². The highest BCUT2D eigenvalue weighted by molar-refractivity contribution is 6.06. The molecule has 6 heteroatoms. The molecule has 0 saturated carbocycles. The van der Waals surface area contributed by atoms with Crippen molar-refractivity contribution in [3.63, 3.8) is 0 Å². The van der Waals surface area contributed by atoms with Gasteiger partial charge in [0, 0.05) is 6.54 Å². The van der Waals surface area contributed by atoms with E-state index in [0.717, 1.165) is 5.56 Å². The molecule has 1 heterocycles. The molecule has 1 aromatic rings. The number of fused-ring (bicyclic) bond motifs is 1. The number of anilines is 1. The van der Waals surface area contributed by atoms with Gasteiger partial charge in [0.1, 0.15) is 11.8 Å². The Kier molecular flexibility index (Phi) is 3.91. The first kappa shape index (κ1) is 15.3. The van der Waals surface area contributed by atoms with Crippen molar-refractivity contribution < 1.29 is 19.4 Å². The third kappa shape index (κ3) is 2.58. The zero-order chi connectivity index (χ0) is 15.8. The number of carbonyl (C=O) groups excluding carboxylic acids is 1. The number of hydrogen-bond donors (Lipinski definition) is 2. The fraction of sp³-hybridized carbons (Fsp3) is 0.467. The second kappa shape index (κ2) is 5.37. The molecule has 0 saturated heterocycles. The molecule has 1 unspecified atom stereocenters. The van der Waals surface area contributed by atoms with E-state index >= 15 is 0 Å². The van der Waals surface area contributed by atoms with Crippen molar-refractivity contribution in [1.29, 1.82) is 0 Å². The molecule has 0 radical (unpaired) electrons. The molecular weight excluding hydrogens is 272 g/mol. The molecule has 3 N–H and O–H groups in total. The number of ether oxygens (including phenoxy) is 1. The Balaban J connectivity index is 2.59. The average Bonchev–Trinajstić information content (AvgIpc) is 2.42. The molecule has 1 aromatic carbocycles. The van der Waals surface area contributed by atoms with Crippen LogP contribution in [-0.4, -0.2) is 28.6 Å². The van der Waals surface area contributed by atoms with Gasteiger partial charge >= 0.3 is 5.97 Å². The van der Waals surface area contributed by atoms with Crippen molar-refractivity contribution in [3.05, 3.63) is 23.8 Å². The second-order valence-electron chi connectivity index (χ2n) is 5.56. The summed E-state index contributed by atoms with van der Waals surface area (Å²) < 4.78 is 5.74. The van der Waals surface area contributed by atoms with Gasteiger partial charge in [0.25, 0.3) is 5.91 Å². The fourth-order valence-corrected chi connectivity index (χ4v) is 2.46. The molecule has 0 bridgehead atoms. The Bertz CT molecular complexity index is 583. The van der Waals surface area contributed by atoms with Crippen molar-refractivity contribution >= 4 is 17.6 Å². The minimum atomic E-state index is -1.11. The number of carboxylic acids is 1. The summed E-state index contributed by atoms with van der Waals surface area (Å²) in [4.78, 5) is 25.4. The van der Waals surface area contributed by atoms with Crippen molar-refractivity contribution in [2.45, 2.75) is 45.4 Å². The van der Waals surface area contributed by atoms with Gasteiger partial charge in [0.15, 0.2) is 5.60 Å². The van der Waals surface area contributed by atoms with Gasteiger partial charge in [0.2, 0.25) is 0 Å². The van der Waals surface area contributed by atoms with Crippen LogP contribution in [0.15, 0.2) is 18.2 Å². The molecule has 0 aromatic heterocycles. The van der Waals surface area contributed by atoms with Gasteiger partial charge in [0.05, 0.1) is 5.69 Å². The highest BCUT2D eigenvalue weighted by Crippen LogP contribution is 2.40. The minimum Gasteiger partial charge on any atom is -0.480 e. The highest BCUT2D eigenvalue weighted by Gasteiger charge is 2.45. The van der Waals surface area contributed by atoms with Crippen LogP contribution < -0.4 is 15.4 Å². The molecule has 0 aliphatic carbocycles. The fourth-order valence-electron chi connectivity index (χ4n) is 2.46. The van der Waals surface area contributed by atoms with Crippen LogP contribution in [0, 0.1) is 0 Å². The first-order chi connectivity index (χ1) is 9.81. The smallest absolute Gasteiger partial charge is 0.326 e. The van der Waals surface area contributed by atoms with Crippen LogP contribution in [0.3, 0.4) is 0 Å². The Morgan fingerprint density at radius 3 is 2.67 bits per heavy atom. The zero-order valence-corrected chi connectivity index (χ0v) is 12.4. The van der Waals surface area contributed by atoms with Crippen molar-refractivity contribution in [2.24, 2.45) is 5.73 Å². The Hall–Kier alpha value is -2.08. The van der Waals surface area contributed by atoms with Crippen LogP contribution in [-0.2, 0) is 16.1 Å². The molecule has 6 nitrogen and oxygen atoms in total. The summed E-state index contributed by atoms with van der Waals surface area (Å²) in [6.07, 6.45) is 0.315. The summed E-state index contributed by atoms with van der Waals surface area (Å²) in [6.45, 7) is 5.35. The lowest BCUT2D eigenvalue weighted by molar-refractivity contribution is -0.143. The van der Waals surface area contributed by atoms with E-state index in [-0.39, 0.29) is 5.91 Å². The summed E-state index contributed by atoms with van der Waals surface area (Å²) in [5, 5.41) is 9.39. The summed E-state index contributed by atoms with van der Waals surface area (Å²) in [7, 11) is 0. The van der Waals surface area contributed by atoms with Gasteiger partial charge in [-0.1, -0.05) is 13.0 Å². The van der Waals surface area contributed by atoms with Crippen LogP contribution in [0.25, 0.3) is 0 Å². The first-order valence-electron chi connectivity index (χ1n) is 6.90. The van der Waals surface area contributed by atoms with E-state index in [1.807, 2.05) is 0 Å². The Morgan fingerprint density at radius 2 is 2.14 bits per heavy atom. The molecule has 0 fully saturated rings. The van der Waals surface area contributed by atoms with Gasteiger partial charge in [-0.15, -0.1) is 0 Å². The maximum atomic E-state index is 12.6. The first-order valence-corrected chi connectivity index (χ1v) is 6.90. The lowest BCUT2D eigenvalue weighted by Crippen LogP contribution is -2.57. The number of carboxylic acid groups (broad SMARTS) is 1. The Morgan fingerprint density at radius 1 is 1.48 bits per heavy atom. The quantitative estimate of drug-likeness (QED) is 0.877. The predicted molar refractivity (Wildman–Crippen MR) is 78.2 cm³/mol. The van der Waals surface area contributed by atoms with Crippen LogP contribution in [0.1, 0.15) is 32.8 Å². The topological polar surface area (TPSA) is 92.9 Å². The molecule has 1 amide bonds. The number of nitrogens with two attached hydrogens (primary N) is 1. The van der Waals surface area contributed by atoms with Gasteiger partial charge < -0.3 is 15.6 Å². The number of aliphatic carboxylic acids is 1. The molecule has 114 valence electrons. The van der Waals surface area contributed by atoms with E-state index in [9.17, 15) is 14.7 Å². The number of rotatable bonds is 4. The summed E-state index contributed by atoms with van der Waals surface area (Å²) >= 11 is 0. The molecule has 0 spiro atoms. The summed E-state index contributed by atoms with van der Waals surface area (Å²) in [5.74, 6) is -0.899. The lowest BCUT2D eigenvalue weighted by Gasteiger charge is -2.41. The van der Waals surface area contributed by atoms with Crippen molar-refractivity contribution in [3.8, 4) is 5.75 Å². The molecular formula is C15H20N2O4. The number of benzene rings is 1. The molecule has 1 aliphatic rings. The van der Waals surface area contributed by atoms with E-state index in [1.54, 1.807) is 39.0 Å². The average molecular weight is 292 g/mol. The van der Waals surface area contributed by atoms with Crippen LogP contribution in [0.2, 0.25) is 0 Å². The van der Waals surface area contributed by atoms with Gasteiger partial charge in [-0.3, -0.25) is 9.69 Å². The zero-order valence-electron chi connectivity index (χ0n) is 12.4. The number of amides is 1. The van der Waals surface area contributed by atoms with Gasteiger partial charge in [-0.05, 0) is 38.0 Å². The van der Waals surface area contributed by atoms with E-state index < -0.39 is 17.6 Å². The summed E-state index contributed by atoms with van der Waals surface area (Å²) in [5.41, 5.74) is 5.85. The third-order valence-electron chi connectivity index (χ3n) is 3.60. The maximum Gasteiger partial charge on any atom is 0.326 e. The molecule has 21 heavy (non-hydrogen) atoms. The van der Waals surface area contributed by atoms with Crippen molar-refractivity contribution in [2.75, 3.05) is 4.90 Å². The van der Waals surface area contributed by atoms with Gasteiger partial charge in [-0.25, -0.2) is 4.79 Å². The molecule has 2 rings (SSSR count).